The molecule has 0 spiro atoms. The van der Waals surface area contributed by atoms with Gasteiger partial charge in [-0.25, -0.2) is 17.7 Å². The second-order valence-electron chi connectivity index (χ2n) is 9.16. The molecule has 1 fully saturated rings. The van der Waals surface area contributed by atoms with Crippen LogP contribution in [0.15, 0.2) is 55.1 Å². The summed E-state index contributed by atoms with van der Waals surface area (Å²) in [5.74, 6) is 1.05. The lowest BCUT2D eigenvalue weighted by Crippen LogP contribution is -2.29. The van der Waals surface area contributed by atoms with Crippen molar-refractivity contribution in [2.24, 2.45) is 0 Å². The van der Waals surface area contributed by atoms with Crippen LogP contribution in [-0.4, -0.2) is 56.4 Å². The zero-order valence-corrected chi connectivity index (χ0v) is 21.6. The first-order chi connectivity index (χ1) is 17.8. The number of imidazole rings is 1. The molecule has 1 aliphatic rings. The molecular formula is C25H30N8O3S. The third-order valence-electron chi connectivity index (χ3n) is 6.41. The first kappa shape index (κ1) is 24.9. The van der Waals surface area contributed by atoms with Gasteiger partial charge in [0.15, 0.2) is 17.0 Å². The van der Waals surface area contributed by atoms with E-state index < -0.39 is 10.0 Å². The van der Waals surface area contributed by atoms with E-state index in [2.05, 4.69) is 20.6 Å². The van der Waals surface area contributed by atoms with E-state index in [1.807, 2.05) is 11.5 Å². The summed E-state index contributed by atoms with van der Waals surface area (Å²) in [6.07, 6.45) is 9.00. The van der Waals surface area contributed by atoms with Gasteiger partial charge in [0, 0.05) is 24.5 Å². The van der Waals surface area contributed by atoms with Gasteiger partial charge in [0.25, 0.3) is 0 Å². The fourth-order valence-electron chi connectivity index (χ4n) is 4.55. The minimum absolute atomic E-state index is 0.195. The Hall–Kier alpha value is -3.77. The summed E-state index contributed by atoms with van der Waals surface area (Å²) in [7, 11) is -3.58. The zero-order valence-electron chi connectivity index (χ0n) is 20.7. The maximum Gasteiger partial charge on any atom is 0.236 e. The summed E-state index contributed by atoms with van der Waals surface area (Å²) in [5, 5.41) is 16.6. The van der Waals surface area contributed by atoms with E-state index in [0.29, 0.717) is 35.2 Å². The van der Waals surface area contributed by atoms with Crippen molar-refractivity contribution >= 4 is 50.0 Å². The molecule has 0 aliphatic heterocycles. The maximum absolute atomic E-state index is 12.5. The minimum Gasteiger partial charge on any atom is -0.393 e. The van der Waals surface area contributed by atoms with Gasteiger partial charge in [-0.2, -0.15) is 9.97 Å². The molecule has 1 aromatic carbocycles. The molecule has 1 aliphatic carbocycles. The highest BCUT2D eigenvalue weighted by Gasteiger charge is 2.22. The Morgan fingerprint density at radius 3 is 2.49 bits per heavy atom. The summed E-state index contributed by atoms with van der Waals surface area (Å²) in [6, 6.07) is 10.6. The lowest BCUT2D eigenvalue weighted by Gasteiger charge is -2.26. The molecule has 1 saturated carbocycles. The molecule has 0 radical (unpaired) electrons. The first-order valence-corrected chi connectivity index (χ1v) is 14.1. The van der Waals surface area contributed by atoms with Gasteiger partial charge < -0.3 is 20.3 Å². The molecule has 0 unspecified atom stereocenters. The molecule has 0 saturated heterocycles. The molecule has 37 heavy (non-hydrogen) atoms. The molecule has 3 N–H and O–H groups in total. The normalized spacial score (nSPS) is 18.0. The number of fused-ring (bicyclic) bond motifs is 1. The smallest absolute Gasteiger partial charge is 0.236 e. The summed E-state index contributed by atoms with van der Waals surface area (Å²) in [5.41, 5.74) is 3.03. The van der Waals surface area contributed by atoms with Gasteiger partial charge in [-0.05, 0) is 69.0 Å². The van der Waals surface area contributed by atoms with Gasteiger partial charge in [-0.15, -0.1) is 0 Å². The average molecular weight is 523 g/mol. The highest BCUT2D eigenvalue weighted by molar-refractivity contribution is 7.92. The average Bonchev–Trinajstić information content (AvgIpc) is 3.30. The fourth-order valence-corrected chi connectivity index (χ4v) is 5.55. The number of aliphatic hydroxyl groups is 1. The third-order valence-corrected chi connectivity index (χ3v) is 7.50. The lowest BCUT2D eigenvalue weighted by molar-refractivity contribution is 0.126. The molecule has 5 rings (SSSR count). The molecule has 12 heteroatoms. The van der Waals surface area contributed by atoms with Gasteiger partial charge in [0.1, 0.15) is 0 Å². The van der Waals surface area contributed by atoms with E-state index in [-0.39, 0.29) is 12.1 Å². The summed E-state index contributed by atoms with van der Waals surface area (Å²) >= 11 is 0. The van der Waals surface area contributed by atoms with Crippen LogP contribution in [0.5, 0.6) is 0 Å². The van der Waals surface area contributed by atoms with Gasteiger partial charge in [-0.3, -0.25) is 4.98 Å². The van der Waals surface area contributed by atoms with Crippen LogP contribution in [0.25, 0.3) is 11.2 Å². The van der Waals surface area contributed by atoms with Crippen molar-refractivity contribution in [1.82, 2.24) is 24.5 Å². The van der Waals surface area contributed by atoms with E-state index in [1.165, 1.54) is 10.5 Å². The number of aromatic nitrogens is 5. The molecule has 194 valence electrons. The van der Waals surface area contributed by atoms with Gasteiger partial charge in [0.05, 0.1) is 36.3 Å². The van der Waals surface area contributed by atoms with Crippen LogP contribution < -0.4 is 14.9 Å². The Labute approximate surface area is 215 Å². The van der Waals surface area contributed by atoms with Crippen molar-refractivity contribution < 1.29 is 13.5 Å². The predicted molar refractivity (Wildman–Crippen MR) is 144 cm³/mol. The molecule has 3 heterocycles. The molecule has 11 nitrogen and oxygen atoms in total. The molecule has 3 aromatic heterocycles. The molecule has 4 aromatic rings. The molecular weight excluding hydrogens is 492 g/mol. The van der Waals surface area contributed by atoms with Gasteiger partial charge in [-0.1, -0.05) is 0 Å². The van der Waals surface area contributed by atoms with Crippen molar-refractivity contribution in [3.05, 3.63) is 55.1 Å². The van der Waals surface area contributed by atoms with Crippen molar-refractivity contribution in [3.63, 3.8) is 0 Å². The number of anilines is 5. The van der Waals surface area contributed by atoms with E-state index in [0.717, 1.165) is 43.3 Å². The van der Waals surface area contributed by atoms with Crippen LogP contribution in [0, 0.1) is 0 Å². The molecule has 0 atom stereocenters. The number of aliphatic hydroxyl groups excluding tert-OH is 1. The highest BCUT2D eigenvalue weighted by atomic mass is 32.2. The Morgan fingerprint density at radius 1 is 1.08 bits per heavy atom. The number of benzene rings is 1. The van der Waals surface area contributed by atoms with E-state index in [1.54, 1.807) is 48.9 Å². The Balaban J connectivity index is 1.44. The Kier molecular flexibility index (Phi) is 6.94. The van der Waals surface area contributed by atoms with Gasteiger partial charge >= 0.3 is 0 Å². The van der Waals surface area contributed by atoms with Crippen LogP contribution in [0.4, 0.5) is 28.8 Å². The van der Waals surface area contributed by atoms with Crippen LogP contribution in [0.1, 0.15) is 32.6 Å². The number of hydrogen-bond donors (Lipinski definition) is 3. The third kappa shape index (κ3) is 5.49. The van der Waals surface area contributed by atoms with Crippen LogP contribution in [0.3, 0.4) is 0 Å². The number of hydrogen-bond acceptors (Lipinski definition) is 9. The summed E-state index contributed by atoms with van der Waals surface area (Å²) in [6.45, 7) is 2.74. The number of rotatable bonds is 8. The maximum atomic E-state index is 12.5. The van der Waals surface area contributed by atoms with Crippen molar-refractivity contribution in [1.29, 1.82) is 0 Å². The Morgan fingerprint density at radius 2 is 1.84 bits per heavy atom. The van der Waals surface area contributed by atoms with Crippen molar-refractivity contribution in [3.8, 4) is 0 Å². The Bertz CT molecular complexity index is 1470. The standard InChI is InChI=1S/C25H30N8O3S/c1-3-32-16-27-22-23(30-25(31-24(22)32)29-18-8-12-21(34)13-9-18)28-17-6-10-19(11-7-17)33(37(2,35)36)20-5-4-14-26-15-20/h4-7,10-11,14-16,18,21,34H,3,8-9,12-13H2,1-2H3,(H2,28,29,30,31). The zero-order chi connectivity index (χ0) is 26.0. The van der Waals surface area contributed by atoms with Crippen LogP contribution in [-0.2, 0) is 16.6 Å². The number of nitrogens with one attached hydrogen (secondary N) is 2. The topological polar surface area (TPSA) is 138 Å². The number of sulfonamides is 1. The second-order valence-corrected chi connectivity index (χ2v) is 11.0. The molecule has 0 amide bonds. The highest BCUT2D eigenvalue weighted by Crippen LogP contribution is 2.31. The number of aryl methyl sites for hydroxylation is 1. The monoisotopic (exact) mass is 522 g/mol. The number of nitrogens with zero attached hydrogens (tertiary/aromatic N) is 6. The fraction of sp³-hybridized carbons (Fsp3) is 0.360. The van der Waals surface area contributed by atoms with Crippen molar-refractivity contribution in [2.45, 2.75) is 51.3 Å². The number of pyridine rings is 1. The molecule has 0 bridgehead atoms. The summed E-state index contributed by atoms with van der Waals surface area (Å²) in [4.78, 5) is 18.0. The van der Waals surface area contributed by atoms with E-state index in [9.17, 15) is 13.5 Å². The SMILES string of the molecule is CCn1cnc2c(Nc3ccc(N(c4cccnc4)S(C)(=O)=O)cc3)nc(NC3CCC(O)CC3)nc21. The predicted octanol–water partition coefficient (Wildman–Crippen LogP) is 3.80. The second kappa shape index (κ2) is 10.3. The van der Waals surface area contributed by atoms with E-state index >= 15 is 0 Å². The first-order valence-electron chi connectivity index (χ1n) is 12.3. The van der Waals surface area contributed by atoms with Crippen molar-refractivity contribution in [2.75, 3.05) is 21.2 Å². The largest absolute Gasteiger partial charge is 0.393 e. The minimum atomic E-state index is -3.58. The lowest BCUT2D eigenvalue weighted by atomic mass is 9.93. The van der Waals surface area contributed by atoms with Crippen LogP contribution in [0.2, 0.25) is 0 Å². The quantitative estimate of drug-likeness (QED) is 0.315. The van der Waals surface area contributed by atoms with Gasteiger partial charge in [0.2, 0.25) is 16.0 Å². The van der Waals surface area contributed by atoms with E-state index in [4.69, 9.17) is 9.97 Å². The summed E-state index contributed by atoms with van der Waals surface area (Å²) < 4.78 is 28.3. The van der Waals surface area contributed by atoms with Crippen LogP contribution >= 0.6 is 0 Å².